The standard InChI is InChI=1S/C10H6N4O2/c11-6-8-9(2-1-4-12-8)14-5-3-7(13-14)10(15)16/h1-5H,(H,15,16). The van der Waals surface area contributed by atoms with Crippen molar-refractivity contribution in [3.05, 3.63) is 42.0 Å². The summed E-state index contributed by atoms with van der Waals surface area (Å²) >= 11 is 0. The molecule has 78 valence electrons. The van der Waals surface area contributed by atoms with Gasteiger partial charge in [0.2, 0.25) is 0 Å². The van der Waals surface area contributed by atoms with Crippen LogP contribution < -0.4 is 0 Å². The number of aromatic carboxylic acids is 1. The van der Waals surface area contributed by atoms with E-state index in [1.54, 1.807) is 12.1 Å². The van der Waals surface area contributed by atoms with Crippen LogP contribution in [-0.4, -0.2) is 25.8 Å². The fraction of sp³-hybridized carbons (Fsp3) is 0. The molecule has 0 fully saturated rings. The van der Waals surface area contributed by atoms with Crippen LogP contribution in [0.3, 0.4) is 0 Å². The minimum atomic E-state index is -1.11. The molecule has 0 atom stereocenters. The molecule has 0 bridgehead atoms. The Labute approximate surface area is 90.4 Å². The van der Waals surface area contributed by atoms with E-state index in [1.165, 1.54) is 23.1 Å². The molecule has 6 nitrogen and oxygen atoms in total. The summed E-state index contributed by atoms with van der Waals surface area (Å²) in [4.78, 5) is 14.5. The van der Waals surface area contributed by atoms with Crippen molar-refractivity contribution >= 4 is 5.97 Å². The first-order chi connectivity index (χ1) is 7.72. The average Bonchev–Trinajstić information content (AvgIpc) is 2.78. The van der Waals surface area contributed by atoms with Crippen LogP contribution in [-0.2, 0) is 0 Å². The Morgan fingerprint density at radius 2 is 2.31 bits per heavy atom. The Bertz CT molecular complexity index is 583. The maximum Gasteiger partial charge on any atom is 0.356 e. The molecule has 0 unspecified atom stereocenters. The lowest BCUT2D eigenvalue weighted by atomic mass is 10.3. The van der Waals surface area contributed by atoms with Gasteiger partial charge in [-0.25, -0.2) is 14.5 Å². The van der Waals surface area contributed by atoms with Crippen LogP contribution in [0.4, 0.5) is 0 Å². The van der Waals surface area contributed by atoms with Gasteiger partial charge in [0.25, 0.3) is 0 Å². The smallest absolute Gasteiger partial charge is 0.356 e. The third-order valence-corrected chi connectivity index (χ3v) is 1.95. The maximum absolute atomic E-state index is 10.6. The number of carboxylic acids is 1. The van der Waals surface area contributed by atoms with Crippen molar-refractivity contribution in [3.63, 3.8) is 0 Å². The first-order valence-electron chi connectivity index (χ1n) is 4.37. The summed E-state index contributed by atoms with van der Waals surface area (Å²) in [7, 11) is 0. The molecule has 2 rings (SSSR count). The zero-order valence-corrected chi connectivity index (χ0v) is 8.03. The molecule has 1 N–H and O–H groups in total. The second-order valence-electron chi connectivity index (χ2n) is 2.93. The number of hydrogen-bond acceptors (Lipinski definition) is 4. The minimum absolute atomic E-state index is 0.0762. The van der Waals surface area contributed by atoms with Gasteiger partial charge in [-0.1, -0.05) is 0 Å². The molecule has 0 saturated heterocycles. The predicted molar refractivity (Wildman–Crippen MR) is 53.0 cm³/mol. The lowest BCUT2D eigenvalue weighted by molar-refractivity contribution is 0.0690. The third kappa shape index (κ3) is 1.62. The van der Waals surface area contributed by atoms with Gasteiger partial charge in [0.05, 0.1) is 0 Å². The molecule has 6 heteroatoms. The van der Waals surface area contributed by atoms with Crippen molar-refractivity contribution in [2.24, 2.45) is 0 Å². The van der Waals surface area contributed by atoms with Crippen LogP contribution in [0.25, 0.3) is 5.69 Å². The molecular weight excluding hydrogens is 208 g/mol. The summed E-state index contributed by atoms with van der Waals surface area (Å²) in [5.74, 6) is -1.11. The minimum Gasteiger partial charge on any atom is -0.476 e. The number of carbonyl (C=O) groups is 1. The molecular formula is C10H6N4O2. The molecule has 0 aliphatic heterocycles. The fourth-order valence-electron chi connectivity index (χ4n) is 1.24. The van der Waals surface area contributed by atoms with Crippen LogP contribution in [0.2, 0.25) is 0 Å². The summed E-state index contributed by atoms with van der Waals surface area (Å²) in [6, 6.07) is 6.56. The van der Waals surface area contributed by atoms with Gasteiger partial charge in [0.15, 0.2) is 11.4 Å². The highest BCUT2D eigenvalue weighted by Crippen LogP contribution is 2.10. The number of pyridine rings is 1. The Morgan fingerprint density at radius 3 is 2.94 bits per heavy atom. The van der Waals surface area contributed by atoms with Gasteiger partial charge in [0, 0.05) is 12.4 Å². The van der Waals surface area contributed by atoms with Crippen LogP contribution in [0.1, 0.15) is 16.2 Å². The normalized spacial score (nSPS) is 9.69. The Balaban J connectivity index is 2.51. The van der Waals surface area contributed by atoms with Crippen molar-refractivity contribution in [2.45, 2.75) is 0 Å². The van der Waals surface area contributed by atoms with E-state index < -0.39 is 5.97 Å². The number of rotatable bonds is 2. The van der Waals surface area contributed by atoms with E-state index in [0.717, 1.165) is 0 Å². The Morgan fingerprint density at radius 1 is 1.50 bits per heavy atom. The van der Waals surface area contributed by atoms with E-state index in [2.05, 4.69) is 10.1 Å². The van der Waals surface area contributed by atoms with E-state index in [9.17, 15) is 4.79 Å². The molecule has 0 amide bonds. The highest BCUT2D eigenvalue weighted by Gasteiger charge is 2.10. The molecule has 16 heavy (non-hydrogen) atoms. The van der Waals surface area contributed by atoms with Gasteiger partial charge in [0.1, 0.15) is 11.8 Å². The van der Waals surface area contributed by atoms with Gasteiger partial charge in [-0.3, -0.25) is 0 Å². The molecule has 0 aliphatic rings. The largest absolute Gasteiger partial charge is 0.476 e. The van der Waals surface area contributed by atoms with E-state index in [-0.39, 0.29) is 11.4 Å². The second-order valence-corrected chi connectivity index (χ2v) is 2.93. The molecule has 0 spiro atoms. The number of nitrogens with zero attached hydrogens (tertiary/aromatic N) is 4. The van der Waals surface area contributed by atoms with E-state index >= 15 is 0 Å². The molecule has 0 aliphatic carbocycles. The van der Waals surface area contributed by atoms with Crippen LogP contribution in [0.5, 0.6) is 0 Å². The maximum atomic E-state index is 10.6. The number of nitriles is 1. The number of hydrogen-bond donors (Lipinski definition) is 1. The topological polar surface area (TPSA) is 91.8 Å². The van der Waals surface area contributed by atoms with Crippen LogP contribution in [0, 0.1) is 11.3 Å². The average molecular weight is 214 g/mol. The van der Waals surface area contributed by atoms with Crippen LogP contribution in [0.15, 0.2) is 30.6 Å². The van der Waals surface area contributed by atoms with E-state index in [4.69, 9.17) is 10.4 Å². The van der Waals surface area contributed by atoms with Gasteiger partial charge >= 0.3 is 5.97 Å². The third-order valence-electron chi connectivity index (χ3n) is 1.95. The zero-order valence-electron chi connectivity index (χ0n) is 8.03. The molecule has 0 aromatic carbocycles. The summed E-state index contributed by atoms with van der Waals surface area (Å²) < 4.78 is 1.31. The summed E-state index contributed by atoms with van der Waals surface area (Å²) in [6.45, 7) is 0. The Hall–Kier alpha value is -2.68. The van der Waals surface area contributed by atoms with Gasteiger partial charge in [-0.05, 0) is 18.2 Å². The van der Waals surface area contributed by atoms with Gasteiger partial charge in [-0.2, -0.15) is 10.4 Å². The fourth-order valence-corrected chi connectivity index (χ4v) is 1.24. The highest BCUT2D eigenvalue weighted by atomic mass is 16.4. The van der Waals surface area contributed by atoms with Crippen molar-refractivity contribution in [1.29, 1.82) is 5.26 Å². The van der Waals surface area contributed by atoms with Crippen molar-refractivity contribution < 1.29 is 9.90 Å². The van der Waals surface area contributed by atoms with Gasteiger partial charge < -0.3 is 5.11 Å². The van der Waals surface area contributed by atoms with E-state index in [1.807, 2.05) is 6.07 Å². The quantitative estimate of drug-likeness (QED) is 0.799. The van der Waals surface area contributed by atoms with Crippen molar-refractivity contribution in [2.75, 3.05) is 0 Å². The Kier molecular flexibility index (Phi) is 2.36. The second kappa shape index (κ2) is 3.82. The zero-order chi connectivity index (χ0) is 11.5. The lowest BCUT2D eigenvalue weighted by Gasteiger charge is -2.01. The number of aromatic nitrogens is 3. The number of carboxylic acid groups (broad SMARTS) is 1. The van der Waals surface area contributed by atoms with Gasteiger partial charge in [-0.15, -0.1) is 0 Å². The van der Waals surface area contributed by atoms with E-state index in [0.29, 0.717) is 5.69 Å². The van der Waals surface area contributed by atoms with Crippen molar-refractivity contribution in [1.82, 2.24) is 14.8 Å². The molecule has 0 radical (unpaired) electrons. The molecule has 2 aromatic rings. The highest BCUT2D eigenvalue weighted by molar-refractivity contribution is 5.85. The monoisotopic (exact) mass is 214 g/mol. The summed E-state index contributed by atoms with van der Waals surface area (Å²) in [5, 5.41) is 21.4. The summed E-state index contributed by atoms with van der Waals surface area (Å²) in [5.41, 5.74) is 0.577. The first kappa shape index (κ1) is 9.86. The SMILES string of the molecule is N#Cc1ncccc1-n1ccc(C(=O)O)n1. The molecule has 2 heterocycles. The molecule has 2 aromatic heterocycles. The van der Waals surface area contributed by atoms with Crippen molar-refractivity contribution in [3.8, 4) is 11.8 Å². The first-order valence-corrected chi connectivity index (χ1v) is 4.37. The lowest BCUT2D eigenvalue weighted by Crippen LogP contribution is -2.03. The molecule has 0 saturated carbocycles. The summed E-state index contributed by atoms with van der Waals surface area (Å²) in [6.07, 6.45) is 2.96. The van der Waals surface area contributed by atoms with Crippen LogP contribution >= 0.6 is 0 Å². The predicted octanol–water partition coefficient (Wildman–Crippen LogP) is 0.837.